The Balaban J connectivity index is 2.94. The van der Waals surface area contributed by atoms with Crippen molar-refractivity contribution in [1.82, 2.24) is 9.80 Å². The van der Waals surface area contributed by atoms with E-state index >= 15 is 0 Å². The SMILES string of the molecule is CCN(CC)C1=C(N(CC)CC)OC=CO1. The molecule has 4 heteroatoms. The van der Waals surface area contributed by atoms with Crippen LogP contribution in [-0.4, -0.2) is 36.0 Å². The maximum atomic E-state index is 5.58. The molecule has 0 aromatic rings. The second kappa shape index (κ2) is 6.30. The Morgan fingerprint density at radius 1 is 0.750 bits per heavy atom. The van der Waals surface area contributed by atoms with Crippen molar-refractivity contribution in [3.8, 4) is 0 Å². The van der Waals surface area contributed by atoms with E-state index in [4.69, 9.17) is 9.47 Å². The van der Waals surface area contributed by atoms with Gasteiger partial charge in [0, 0.05) is 26.2 Å². The maximum absolute atomic E-state index is 5.58. The van der Waals surface area contributed by atoms with Gasteiger partial charge in [-0.05, 0) is 27.7 Å². The van der Waals surface area contributed by atoms with Gasteiger partial charge in [0.05, 0.1) is 0 Å². The molecular formula is C12H22N2O2. The summed E-state index contributed by atoms with van der Waals surface area (Å²) in [6.45, 7) is 12.1. The molecule has 0 aliphatic carbocycles. The van der Waals surface area contributed by atoms with Gasteiger partial charge in [0.25, 0.3) is 11.8 Å². The second-order valence-electron chi connectivity index (χ2n) is 3.46. The fourth-order valence-corrected chi connectivity index (χ4v) is 1.73. The molecule has 0 amide bonds. The smallest absolute Gasteiger partial charge is 0.257 e. The van der Waals surface area contributed by atoms with Crippen LogP contribution in [0.15, 0.2) is 24.3 Å². The summed E-state index contributed by atoms with van der Waals surface area (Å²) in [5.41, 5.74) is 0. The summed E-state index contributed by atoms with van der Waals surface area (Å²) < 4.78 is 11.2. The summed E-state index contributed by atoms with van der Waals surface area (Å²) in [6, 6.07) is 0. The Kier molecular flexibility index (Phi) is 5.02. The molecule has 1 aliphatic rings. The number of hydrogen-bond acceptors (Lipinski definition) is 4. The average Bonchev–Trinajstić information content (AvgIpc) is 2.34. The van der Waals surface area contributed by atoms with Crippen molar-refractivity contribution in [3.05, 3.63) is 24.3 Å². The number of ether oxygens (including phenoxy) is 2. The molecule has 0 N–H and O–H groups in total. The first kappa shape index (κ1) is 12.7. The largest absolute Gasteiger partial charge is 0.441 e. The van der Waals surface area contributed by atoms with Gasteiger partial charge in [0.1, 0.15) is 12.5 Å². The van der Waals surface area contributed by atoms with E-state index in [1.807, 2.05) is 0 Å². The van der Waals surface area contributed by atoms with Crippen molar-refractivity contribution < 1.29 is 9.47 Å². The van der Waals surface area contributed by atoms with Crippen LogP contribution >= 0.6 is 0 Å². The monoisotopic (exact) mass is 226 g/mol. The van der Waals surface area contributed by atoms with Crippen molar-refractivity contribution in [2.75, 3.05) is 26.2 Å². The molecule has 0 aromatic carbocycles. The minimum atomic E-state index is 0.816. The van der Waals surface area contributed by atoms with Crippen molar-refractivity contribution in [2.45, 2.75) is 27.7 Å². The third kappa shape index (κ3) is 2.62. The third-order valence-electron chi connectivity index (χ3n) is 2.70. The molecular weight excluding hydrogens is 204 g/mol. The highest BCUT2D eigenvalue weighted by molar-refractivity contribution is 5.05. The van der Waals surface area contributed by atoms with Crippen molar-refractivity contribution >= 4 is 0 Å². The van der Waals surface area contributed by atoms with Crippen LogP contribution in [0.4, 0.5) is 0 Å². The fourth-order valence-electron chi connectivity index (χ4n) is 1.73. The highest BCUT2D eigenvalue weighted by Gasteiger charge is 2.21. The predicted molar refractivity (Wildman–Crippen MR) is 64.2 cm³/mol. The average molecular weight is 226 g/mol. The first-order chi connectivity index (χ1) is 7.78. The molecule has 0 atom stereocenters. The zero-order valence-electron chi connectivity index (χ0n) is 10.7. The van der Waals surface area contributed by atoms with Gasteiger partial charge >= 0.3 is 0 Å². The molecule has 0 aromatic heterocycles. The van der Waals surface area contributed by atoms with E-state index in [1.54, 1.807) is 12.5 Å². The summed E-state index contributed by atoms with van der Waals surface area (Å²) >= 11 is 0. The van der Waals surface area contributed by atoms with Crippen LogP contribution in [0.3, 0.4) is 0 Å². The Morgan fingerprint density at radius 2 is 1.06 bits per heavy atom. The summed E-state index contributed by atoms with van der Waals surface area (Å²) in [6.07, 6.45) is 3.17. The zero-order chi connectivity index (χ0) is 12.0. The molecule has 0 fully saturated rings. The van der Waals surface area contributed by atoms with E-state index in [-0.39, 0.29) is 0 Å². The van der Waals surface area contributed by atoms with E-state index in [9.17, 15) is 0 Å². The Labute approximate surface area is 98.1 Å². The number of nitrogens with zero attached hydrogens (tertiary/aromatic N) is 2. The van der Waals surface area contributed by atoms with Crippen molar-refractivity contribution in [1.29, 1.82) is 0 Å². The summed E-state index contributed by atoms with van der Waals surface area (Å²) in [4.78, 5) is 4.30. The van der Waals surface area contributed by atoms with Crippen molar-refractivity contribution in [2.24, 2.45) is 0 Å². The predicted octanol–water partition coefficient (Wildman–Crippen LogP) is 2.31. The lowest BCUT2D eigenvalue weighted by atomic mass is 10.4. The molecule has 1 heterocycles. The highest BCUT2D eigenvalue weighted by Crippen LogP contribution is 2.21. The zero-order valence-corrected chi connectivity index (χ0v) is 10.7. The molecule has 0 spiro atoms. The van der Waals surface area contributed by atoms with Gasteiger partial charge in [0.15, 0.2) is 0 Å². The molecule has 0 bridgehead atoms. The maximum Gasteiger partial charge on any atom is 0.257 e. The van der Waals surface area contributed by atoms with Gasteiger partial charge in [-0.25, -0.2) is 0 Å². The van der Waals surface area contributed by atoms with Gasteiger partial charge in [-0.1, -0.05) is 0 Å². The minimum Gasteiger partial charge on any atom is -0.441 e. The minimum absolute atomic E-state index is 0.816. The molecule has 0 saturated carbocycles. The van der Waals surface area contributed by atoms with E-state index in [2.05, 4.69) is 37.5 Å². The lowest BCUT2D eigenvalue weighted by Crippen LogP contribution is -2.33. The third-order valence-corrected chi connectivity index (χ3v) is 2.70. The quantitative estimate of drug-likeness (QED) is 0.694. The molecule has 1 aliphatic heterocycles. The summed E-state index contributed by atoms with van der Waals surface area (Å²) in [5.74, 6) is 1.63. The van der Waals surface area contributed by atoms with Gasteiger partial charge in [0.2, 0.25) is 0 Å². The highest BCUT2D eigenvalue weighted by atomic mass is 16.6. The van der Waals surface area contributed by atoms with E-state index in [1.165, 1.54) is 0 Å². The summed E-state index contributed by atoms with van der Waals surface area (Å²) in [7, 11) is 0. The summed E-state index contributed by atoms with van der Waals surface area (Å²) in [5, 5.41) is 0. The van der Waals surface area contributed by atoms with Gasteiger partial charge < -0.3 is 19.3 Å². The Morgan fingerprint density at radius 3 is 1.31 bits per heavy atom. The number of rotatable bonds is 6. The van der Waals surface area contributed by atoms with Gasteiger partial charge in [-0.3, -0.25) is 0 Å². The van der Waals surface area contributed by atoms with Crippen LogP contribution in [0, 0.1) is 0 Å². The van der Waals surface area contributed by atoms with Crippen LogP contribution in [0.25, 0.3) is 0 Å². The fraction of sp³-hybridized carbons (Fsp3) is 0.667. The van der Waals surface area contributed by atoms with Crippen LogP contribution in [0.2, 0.25) is 0 Å². The van der Waals surface area contributed by atoms with Crippen LogP contribution < -0.4 is 0 Å². The van der Waals surface area contributed by atoms with Gasteiger partial charge in [-0.2, -0.15) is 0 Å². The molecule has 92 valence electrons. The molecule has 1 rings (SSSR count). The Bertz CT molecular complexity index is 240. The number of hydrogen-bond donors (Lipinski definition) is 0. The van der Waals surface area contributed by atoms with Crippen LogP contribution in [0.5, 0.6) is 0 Å². The first-order valence-corrected chi connectivity index (χ1v) is 6.00. The van der Waals surface area contributed by atoms with Crippen molar-refractivity contribution in [3.63, 3.8) is 0 Å². The van der Waals surface area contributed by atoms with Crippen LogP contribution in [0.1, 0.15) is 27.7 Å². The second-order valence-corrected chi connectivity index (χ2v) is 3.46. The van der Waals surface area contributed by atoms with E-state index in [0.717, 1.165) is 37.9 Å². The molecule has 0 saturated heterocycles. The molecule has 0 unspecified atom stereocenters. The standard InChI is InChI=1S/C12H22N2O2/c1-5-13(6-2)11-12(14(7-3)8-4)16-10-9-15-11/h9-10H,5-8H2,1-4H3. The molecule has 16 heavy (non-hydrogen) atoms. The first-order valence-electron chi connectivity index (χ1n) is 6.00. The van der Waals surface area contributed by atoms with E-state index < -0.39 is 0 Å². The van der Waals surface area contributed by atoms with Gasteiger partial charge in [-0.15, -0.1) is 0 Å². The molecule has 0 radical (unpaired) electrons. The Hall–Kier alpha value is -1.32. The lowest BCUT2D eigenvalue weighted by Gasteiger charge is -2.31. The van der Waals surface area contributed by atoms with Crippen LogP contribution in [-0.2, 0) is 9.47 Å². The van der Waals surface area contributed by atoms with E-state index in [0.29, 0.717) is 0 Å². The lowest BCUT2D eigenvalue weighted by molar-refractivity contribution is 0.0836. The topological polar surface area (TPSA) is 24.9 Å². The normalized spacial score (nSPS) is 14.5. The molecule has 4 nitrogen and oxygen atoms in total.